The van der Waals surface area contributed by atoms with E-state index in [1.54, 1.807) is 0 Å². The number of hydrogen-bond acceptors (Lipinski definition) is 3. The number of H-pyrrole nitrogens is 1. The van der Waals surface area contributed by atoms with Gasteiger partial charge >= 0.3 is 0 Å². The summed E-state index contributed by atoms with van der Waals surface area (Å²) < 4.78 is 0. The maximum absolute atomic E-state index is 13.3. The summed E-state index contributed by atoms with van der Waals surface area (Å²) in [5, 5.41) is 13.8. The highest BCUT2D eigenvalue weighted by Gasteiger charge is 2.34. The van der Waals surface area contributed by atoms with Crippen LogP contribution in [0.5, 0.6) is 0 Å². The molecule has 3 aromatic rings. The van der Waals surface area contributed by atoms with Crippen LogP contribution in [0.1, 0.15) is 71.3 Å². The molecule has 2 N–H and O–H groups in total. The number of carbonyl (C=O) groups is 1. The van der Waals surface area contributed by atoms with Crippen molar-refractivity contribution in [2.24, 2.45) is 0 Å². The maximum Gasteiger partial charge on any atom is 0.268 e. The van der Waals surface area contributed by atoms with Crippen molar-refractivity contribution in [1.29, 1.82) is 5.26 Å². The summed E-state index contributed by atoms with van der Waals surface area (Å²) in [6.45, 7) is 4.94. The molecule has 2 heterocycles. The van der Waals surface area contributed by atoms with E-state index in [1.807, 2.05) is 18.2 Å². The molecule has 1 saturated carbocycles. The van der Waals surface area contributed by atoms with Gasteiger partial charge in [-0.15, -0.1) is 0 Å². The van der Waals surface area contributed by atoms with E-state index in [-0.39, 0.29) is 11.4 Å². The SMILES string of the molecule is Cc1ccc2cc(C(=O)NC3(CCN4CCc5ccc(C#N)cc5C4)CCCCC3)[nH]c2c1. The summed E-state index contributed by atoms with van der Waals surface area (Å²) >= 11 is 0. The number of aromatic nitrogens is 1. The van der Waals surface area contributed by atoms with Crippen LogP contribution >= 0.6 is 0 Å². The number of hydrogen-bond donors (Lipinski definition) is 2. The molecule has 1 aliphatic carbocycles. The highest BCUT2D eigenvalue weighted by Crippen LogP contribution is 2.33. The molecule has 5 rings (SSSR count). The van der Waals surface area contributed by atoms with Crippen molar-refractivity contribution < 1.29 is 4.79 Å². The van der Waals surface area contributed by atoms with Gasteiger partial charge in [0.15, 0.2) is 0 Å². The van der Waals surface area contributed by atoms with E-state index in [1.165, 1.54) is 36.0 Å². The van der Waals surface area contributed by atoms with Gasteiger partial charge in [0.25, 0.3) is 5.91 Å². The van der Waals surface area contributed by atoms with Gasteiger partial charge in [0.1, 0.15) is 5.69 Å². The Morgan fingerprint density at radius 2 is 1.97 bits per heavy atom. The van der Waals surface area contributed by atoms with Crippen LogP contribution in [0.2, 0.25) is 0 Å². The third-order valence-electron chi connectivity index (χ3n) is 7.55. The zero-order valence-corrected chi connectivity index (χ0v) is 19.4. The van der Waals surface area contributed by atoms with E-state index < -0.39 is 0 Å². The molecule has 2 aromatic carbocycles. The molecule has 1 fully saturated rings. The van der Waals surface area contributed by atoms with Gasteiger partial charge in [-0.05, 0) is 73.6 Å². The minimum absolute atomic E-state index is 0.00778. The van der Waals surface area contributed by atoms with Gasteiger partial charge in [-0.3, -0.25) is 9.69 Å². The number of aryl methyl sites for hydroxylation is 1. The number of fused-ring (bicyclic) bond motifs is 2. The summed E-state index contributed by atoms with van der Waals surface area (Å²) in [5.41, 5.74) is 6.08. The molecule has 0 atom stereocenters. The maximum atomic E-state index is 13.3. The van der Waals surface area contributed by atoms with Gasteiger partial charge in [-0.25, -0.2) is 0 Å². The van der Waals surface area contributed by atoms with Gasteiger partial charge in [0.2, 0.25) is 0 Å². The Morgan fingerprint density at radius 1 is 1.12 bits per heavy atom. The number of aromatic amines is 1. The zero-order valence-electron chi connectivity index (χ0n) is 19.4. The molecule has 33 heavy (non-hydrogen) atoms. The molecule has 0 spiro atoms. The second-order valence-corrected chi connectivity index (χ2v) is 9.94. The predicted octanol–water partition coefficient (Wildman–Crippen LogP) is 5.23. The first-order chi connectivity index (χ1) is 16.0. The highest BCUT2D eigenvalue weighted by molar-refractivity contribution is 5.98. The fourth-order valence-corrected chi connectivity index (χ4v) is 5.59. The van der Waals surface area contributed by atoms with E-state index in [0.717, 1.165) is 61.8 Å². The van der Waals surface area contributed by atoms with Gasteiger partial charge < -0.3 is 10.3 Å². The van der Waals surface area contributed by atoms with Crippen LogP contribution in [0.4, 0.5) is 0 Å². The lowest BCUT2D eigenvalue weighted by Crippen LogP contribution is -2.51. The molecule has 1 aromatic heterocycles. The van der Waals surface area contributed by atoms with Gasteiger partial charge in [0.05, 0.1) is 11.6 Å². The van der Waals surface area contributed by atoms with Crippen molar-refractivity contribution in [3.63, 3.8) is 0 Å². The summed E-state index contributed by atoms with van der Waals surface area (Å²) in [6.07, 6.45) is 7.65. The molecule has 5 heteroatoms. The van der Waals surface area contributed by atoms with E-state index in [0.29, 0.717) is 5.69 Å². The quantitative estimate of drug-likeness (QED) is 0.571. The average Bonchev–Trinajstić information content (AvgIpc) is 3.26. The van der Waals surface area contributed by atoms with Crippen LogP contribution in [-0.4, -0.2) is 34.4 Å². The molecular weight excluding hydrogens is 408 g/mol. The molecule has 0 saturated heterocycles. The standard InChI is InChI=1S/C28H32N4O/c1-20-5-7-23-17-26(30-25(23)15-20)27(33)31-28(10-3-2-4-11-28)12-14-32-13-9-22-8-6-21(18-29)16-24(22)19-32/h5-8,15-17,30H,2-4,9-14,19H2,1H3,(H,31,33). The van der Waals surface area contributed by atoms with Crippen LogP contribution in [0.15, 0.2) is 42.5 Å². The molecular formula is C28H32N4O. The Balaban J connectivity index is 1.28. The van der Waals surface area contributed by atoms with Crippen LogP contribution in [0.3, 0.4) is 0 Å². The molecule has 0 bridgehead atoms. The molecule has 170 valence electrons. The Bertz CT molecular complexity index is 1210. The van der Waals surface area contributed by atoms with Crippen LogP contribution in [-0.2, 0) is 13.0 Å². The minimum Gasteiger partial charge on any atom is -0.351 e. The van der Waals surface area contributed by atoms with Crippen molar-refractivity contribution in [2.75, 3.05) is 13.1 Å². The largest absolute Gasteiger partial charge is 0.351 e. The number of amides is 1. The van der Waals surface area contributed by atoms with Gasteiger partial charge in [-0.2, -0.15) is 5.26 Å². The van der Waals surface area contributed by atoms with Crippen molar-refractivity contribution in [2.45, 2.75) is 64.0 Å². The number of carbonyl (C=O) groups excluding carboxylic acids is 1. The van der Waals surface area contributed by atoms with Crippen molar-refractivity contribution in [1.82, 2.24) is 15.2 Å². The third kappa shape index (κ3) is 4.67. The second kappa shape index (κ2) is 9.03. The van der Waals surface area contributed by atoms with E-state index in [9.17, 15) is 10.1 Å². The number of nitriles is 1. The summed E-state index contributed by atoms with van der Waals surface area (Å²) in [7, 11) is 0. The molecule has 2 aliphatic rings. The van der Waals surface area contributed by atoms with Crippen molar-refractivity contribution in [3.05, 3.63) is 70.4 Å². The Morgan fingerprint density at radius 3 is 2.79 bits per heavy atom. The third-order valence-corrected chi connectivity index (χ3v) is 7.55. The van der Waals surface area contributed by atoms with Crippen molar-refractivity contribution in [3.8, 4) is 6.07 Å². The molecule has 0 radical (unpaired) electrons. The number of nitrogens with one attached hydrogen (secondary N) is 2. The molecule has 1 aliphatic heterocycles. The van der Waals surface area contributed by atoms with E-state index >= 15 is 0 Å². The number of nitrogens with zero attached hydrogens (tertiary/aromatic N) is 2. The van der Waals surface area contributed by atoms with E-state index in [4.69, 9.17) is 0 Å². The Hall–Kier alpha value is -3.10. The van der Waals surface area contributed by atoms with Crippen LogP contribution in [0, 0.1) is 18.3 Å². The van der Waals surface area contributed by atoms with Crippen molar-refractivity contribution >= 4 is 16.8 Å². The fourth-order valence-electron chi connectivity index (χ4n) is 5.59. The Labute approximate surface area is 195 Å². The number of rotatable bonds is 5. The first-order valence-electron chi connectivity index (χ1n) is 12.2. The second-order valence-electron chi connectivity index (χ2n) is 9.94. The molecule has 1 amide bonds. The molecule has 5 nitrogen and oxygen atoms in total. The smallest absolute Gasteiger partial charge is 0.268 e. The molecule has 0 unspecified atom stereocenters. The van der Waals surface area contributed by atoms with Crippen LogP contribution < -0.4 is 5.32 Å². The minimum atomic E-state index is -0.142. The van der Waals surface area contributed by atoms with Gasteiger partial charge in [0, 0.05) is 36.1 Å². The van der Waals surface area contributed by atoms with Gasteiger partial charge in [-0.1, -0.05) is 37.5 Å². The normalized spacial score (nSPS) is 17.9. The lowest BCUT2D eigenvalue weighted by Gasteiger charge is -2.40. The Kier molecular flexibility index (Phi) is 5.95. The highest BCUT2D eigenvalue weighted by atomic mass is 16.2. The predicted molar refractivity (Wildman–Crippen MR) is 131 cm³/mol. The average molecular weight is 441 g/mol. The van der Waals surface area contributed by atoms with E-state index in [2.05, 4.69) is 52.5 Å². The fraction of sp³-hybridized carbons (Fsp3) is 0.429. The topological polar surface area (TPSA) is 71.9 Å². The summed E-state index contributed by atoms with van der Waals surface area (Å²) in [5.74, 6) is 0.00778. The first-order valence-corrected chi connectivity index (χ1v) is 12.2. The lowest BCUT2D eigenvalue weighted by molar-refractivity contribution is 0.0836. The zero-order chi connectivity index (χ0) is 22.8. The van der Waals surface area contributed by atoms with Crippen LogP contribution in [0.25, 0.3) is 10.9 Å². The number of benzene rings is 2. The first kappa shape index (κ1) is 21.7. The lowest BCUT2D eigenvalue weighted by atomic mass is 9.79. The summed E-state index contributed by atoms with van der Waals surface area (Å²) in [4.78, 5) is 19.1. The summed E-state index contributed by atoms with van der Waals surface area (Å²) in [6, 6.07) is 16.5. The monoisotopic (exact) mass is 440 g/mol.